The molecule has 2 heterocycles. The van der Waals surface area contributed by atoms with Gasteiger partial charge in [-0.25, -0.2) is 14.8 Å². The first-order valence-electron chi connectivity index (χ1n) is 6.09. The van der Waals surface area contributed by atoms with Gasteiger partial charge in [-0.05, 0) is 34.1 Å². The Hall–Kier alpha value is -2.41. The van der Waals surface area contributed by atoms with E-state index in [1.54, 1.807) is 34.9 Å². The zero-order chi connectivity index (χ0) is 15.0. The molecule has 0 atom stereocenters. The van der Waals surface area contributed by atoms with E-state index < -0.39 is 0 Å². The molecule has 3 aromatic rings. The van der Waals surface area contributed by atoms with Crippen molar-refractivity contribution in [2.45, 2.75) is 0 Å². The number of carbonyl (C=O) groups is 1. The Bertz CT molecular complexity index is 827. The molecule has 106 valence electrons. The van der Waals surface area contributed by atoms with Crippen LogP contribution in [0.5, 0.6) is 0 Å². The summed E-state index contributed by atoms with van der Waals surface area (Å²) in [6.07, 6.45) is 1.63. The molecule has 0 saturated heterocycles. The highest BCUT2D eigenvalue weighted by Crippen LogP contribution is 2.27. The van der Waals surface area contributed by atoms with Crippen molar-refractivity contribution in [3.8, 4) is 11.4 Å². The van der Waals surface area contributed by atoms with Crippen LogP contribution in [0.3, 0.4) is 0 Å². The molecular weight excluding hydrogens is 336 g/mol. The number of rotatable bonds is 2. The number of imidazole rings is 1. The van der Waals surface area contributed by atoms with Gasteiger partial charge >= 0.3 is 5.97 Å². The average Bonchev–Trinajstić information content (AvgIpc) is 2.85. The molecule has 0 aliphatic rings. The molecule has 2 N–H and O–H groups in total. The Morgan fingerprint density at radius 1 is 1.29 bits per heavy atom. The van der Waals surface area contributed by atoms with E-state index in [0.29, 0.717) is 21.9 Å². The van der Waals surface area contributed by atoms with Gasteiger partial charge in [0.25, 0.3) is 0 Å². The second kappa shape index (κ2) is 5.17. The van der Waals surface area contributed by atoms with Gasteiger partial charge in [-0.3, -0.25) is 4.40 Å². The number of aromatic nitrogens is 3. The fourth-order valence-corrected chi connectivity index (χ4v) is 2.57. The van der Waals surface area contributed by atoms with Crippen LogP contribution in [0.25, 0.3) is 16.9 Å². The van der Waals surface area contributed by atoms with Gasteiger partial charge in [0, 0.05) is 11.8 Å². The summed E-state index contributed by atoms with van der Waals surface area (Å²) in [6, 6.07) is 8.77. The van der Waals surface area contributed by atoms with Crippen LogP contribution in [-0.4, -0.2) is 27.4 Å². The van der Waals surface area contributed by atoms with Gasteiger partial charge < -0.3 is 10.5 Å². The van der Waals surface area contributed by atoms with Gasteiger partial charge in [-0.15, -0.1) is 0 Å². The Labute approximate surface area is 128 Å². The fraction of sp³-hybridized carbons (Fsp3) is 0.0714. The highest BCUT2D eigenvalue weighted by molar-refractivity contribution is 9.10. The monoisotopic (exact) mass is 346 g/mol. The van der Waals surface area contributed by atoms with Crippen molar-refractivity contribution in [2.75, 3.05) is 12.8 Å². The number of halogens is 1. The van der Waals surface area contributed by atoms with E-state index in [-0.39, 0.29) is 5.97 Å². The predicted molar refractivity (Wildman–Crippen MR) is 81.9 cm³/mol. The van der Waals surface area contributed by atoms with Gasteiger partial charge in [-0.2, -0.15) is 0 Å². The lowest BCUT2D eigenvalue weighted by Crippen LogP contribution is -2.02. The standard InChI is InChI=1S/C14H11BrN4O2/c1-21-13(20)9-4-2-8(3-5-9)12-18-11(15)10-6-7-17-14(16)19(10)12/h2-7H,1H3,(H2,16,17). The predicted octanol–water partition coefficient (Wildman–Crippen LogP) is 2.53. The highest BCUT2D eigenvalue weighted by atomic mass is 79.9. The second-order valence-corrected chi connectivity index (χ2v) is 5.07. The van der Waals surface area contributed by atoms with Crippen molar-refractivity contribution in [3.05, 3.63) is 46.7 Å². The lowest BCUT2D eigenvalue weighted by atomic mass is 10.1. The number of esters is 1. The van der Waals surface area contributed by atoms with Gasteiger partial charge in [-0.1, -0.05) is 12.1 Å². The summed E-state index contributed by atoms with van der Waals surface area (Å²) in [5.41, 5.74) is 8.05. The number of nitrogen functional groups attached to an aromatic ring is 1. The van der Waals surface area contributed by atoms with Gasteiger partial charge in [0.2, 0.25) is 5.95 Å². The molecule has 0 aliphatic heterocycles. The van der Waals surface area contributed by atoms with E-state index in [1.807, 2.05) is 6.07 Å². The molecule has 0 amide bonds. The first kappa shape index (κ1) is 13.6. The number of anilines is 1. The van der Waals surface area contributed by atoms with Crippen molar-refractivity contribution >= 4 is 33.4 Å². The number of benzene rings is 1. The van der Waals surface area contributed by atoms with Crippen molar-refractivity contribution in [1.29, 1.82) is 0 Å². The molecule has 0 fully saturated rings. The second-order valence-electron chi connectivity index (χ2n) is 4.32. The van der Waals surface area contributed by atoms with E-state index in [0.717, 1.165) is 11.1 Å². The lowest BCUT2D eigenvalue weighted by Gasteiger charge is -2.04. The zero-order valence-corrected chi connectivity index (χ0v) is 12.7. The summed E-state index contributed by atoms with van der Waals surface area (Å²) >= 11 is 3.41. The molecule has 3 rings (SSSR count). The minimum Gasteiger partial charge on any atom is -0.465 e. The van der Waals surface area contributed by atoms with Gasteiger partial charge in [0.05, 0.1) is 18.2 Å². The molecule has 1 aromatic carbocycles. The van der Waals surface area contributed by atoms with E-state index >= 15 is 0 Å². The average molecular weight is 347 g/mol. The number of methoxy groups -OCH3 is 1. The Kier molecular flexibility index (Phi) is 3.34. The first-order chi connectivity index (χ1) is 10.1. The van der Waals surface area contributed by atoms with Crippen LogP contribution in [0, 0.1) is 0 Å². The molecular formula is C14H11BrN4O2. The minimum absolute atomic E-state index is 0.345. The topological polar surface area (TPSA) is 82.5 Å². The summed E-state index contributed by atoms with van der Waals surface area (Å²) in [4.78, 5) is 20.0. The zero-order valence-electron chi connectivity index (χ0n) is 11.1. The number of carbonyl (C=O) groups excluding carboxylic acids is 1. The first-order valence-corrected chi connectivity index (χ1v) is 6.88. The summed E-state index contributed by atoms with van der Waals surface area (Å²) in [5, 5.41) is 0. The van der Waals surface area contributed by atoms with Crippen LogP contribution in [0.4, 0.5) is 5.95 Å². The largest absolute Gasteiger partial charge is 0.465 e. The van der Waals surface area contributed by atoms with E-state index in [1.165, 1.54) is 7.11 Å². The maximum absolute atomic E-state index is 11.5. The smallest absolute Gasteiger partial charge is 0.337 e. The molecule has 0 unspecified atom stereocenters. The lowest BCUT2D eigenvalue weighted by molar-refractivity contribution is 0.0601. The molecule has 0 spiro atoms. The van der Waals surface area contributed by atoms with Crippen molar-refractivity contribution in [3.63, 3.8) is 0 Å². The van der Waals surface area contributed by atoms with E-state index in [4.69, 9.17) is 5.73 Å². The molecule has 7 heteroatoms. The molecule has 2 aromatic heterocycles. The molecule has 0 radical (unpaired) electrons. The highest BCUT2D eigenvalue weighted by Gasteiger charge is 2.14. The number of nitrogens with two attached hydrogens (primary N) is 1. The number of ether oxygens (including phenoxy) is 1. The SMILES string of the molecule is COC(=O)c1ccc(-c2nc(Br)c3ccnc(N)n23)cc1. The molecule has 0 saturated carbocycles. The van der Waals surface area contributed by atoms with Crippen LogP contribution in [0.15, 0.2) is 41.1 Å². The van der Waals surface area contributed by atoms with Crippen LogP contribution in [0.2, 0.25) is 0 Å². The Morgan fingerprint density at radius 2 is 2.00 bits per heavy atom. The third-order valence-corrected chi connectivity index (χ3v) is 3.68. The summed E-state index contributed by atoms with van der Waals surface area (Å²) < 4.78 is 7.11. The number of hydrogen-bond donors (Lipinski definition) is 1. The van der Waals surface area contributed by atoms with Gasteiger partial charge in [0.1, 0.15) is 10.4 Å². The van der Waals surface area contributed by atoms with E-state index in [2.05, 4.69) is 30.6 Å². The Morgan fingerprint density at radius 3 is 2.67 bits per heavy atom. The van der Waals surface area contributed by atoms with Crippen LogP contribution < -0.4 is 5.73 Å². The van der Waals surface area contributed by atoms with Crippen LogP contribution >= 0.6 is 15.9 Å². The van der Waals surface area contributed by atoms with Crippen molar-refractivity contribution in [2.24, 2.45) is 0 Å². The molecule has 21 heavy (non-hydrogen) atoms. The summed E-state index contributed by atoms with van der Waals surface area (Å²) in [6.45, 7) is 0. The molecule has 0 bridgehead atoms. The number of fused-ring (bicyclic) bond motifs is 1. The minimum atomic E-state index is -0.378. The maximum atomic E-state index is 11.5. The van der Waals surface area contributed by atoms with Crippen LogP contribution in [0.1, 0.15) is 10.4 Å². The number of nitrogens with zero attached hydrogens (tertiary/aromatic N) is 3. The number of hydrogen-bond acceptors (Lipinski definition) is 5. The summed E-state index contributed by atoms with van der Waals surface area (Å²) in [5.74, 6) is 0.619. The summed E-state index contributed by atoms with van der Waals surface area (Å²) in [7, 11) is 1.35. The van der Waals surface area contributed by atoms with Crippen molar-refractivity contribution < 1.29 is 9.53 Å². The molecule has 6 nitrogen and oxygen atoms in total. The van der Waals surface area contributed by atoms with E-state index in [9.17, 15) is 4.79 Å². The maximum Gasteiger partial charge on any atom is 0.337 e. The van der Waals surface area contributed by atoms with Crippen molar-refractivity contribution in [1.82, 2.24) is 14.4 Å². The fourth-order valence-electron chi connectivity index (χ4n) is 2.09. The van der Waals surface area contributed by atoms with Gasteiger partial charge in [0.15, 0.2) is 0 Å². The quantitative estimate of drug-likeness (QED) is 0.721. The van der Waals surface area contributed by atoms with Crippen LogP contribution in [-0.2, 0) is 4.74 Å². The third kappa shape index (κ3) is 2.25. The normalized spacial score (nSPS) is 10.8. The third-order valence-electron chi connectivity index (χ3n) is 3.10. The Balaban J connectivity index is 2.15. The molecule has 0 aliphatic carbocycles.